The van der Waals surface area contributed by atoms with E-state index in [1.54, 1.807) is 30.3 Å². The number of halogens is 1. The zero-order chi connectivity index (χ0) is 16.9. The minimum Gasteiger partial charge on any atom is -0.362 e. The molecular weight excluding hydrogens is 370 g/mol. The molecule has 0 aliphatic carbocycles. The number of nitrogens with zero attached hydrogens (tertiary/aromatic N) is 1. The number of ether oxygens (including phenoxy) is 1. The van der Waals surface area contributed by atoms with Gasteiger partial charge in [-0.2, -0.15) is 0 Å². The highest BCUT2D eigenvalue weighted by molar-refractivity contribution is 9.09. The molecule has 0 radical (unpaired) electrons. The highest BCUT2D eigenvalue weighted by Gasteiger charge is 2.44. The van der Waals surface area contributed by atoms with Crippen molar-refractivity contribution in [3.63, 3.8) is 0 Å². The van der Waals surface area contributed by atoms with Gasteiger partial charge in [-0.25, -0.2) is 4.90 Å². The minimum atomic E-state index is -0.879. The molecule has 0 bridgehead atoms. The van der Waals surface area contributed by atoms with Crippen LogP contribution in [0.2, 0.25) is 0 Å². The van der Waals surface area contributed by atoms with E-state index in [4.69, 9.17) is 4.74 Å². The Morgan fingerprint density at radius 1 is 1.00 bits per heavy atom. The molecule has 2 aromatic rings. The molecule has 5 heteroatoms. The first-order valence-corrected chi connectivity index (χ1v) is 8.72. The number of benzene rings is 2. The number of carbonyl (C=O) groups is 2. The van der Waals surface area contributed by atoms with Crippen LogP contribution in [-0.2, 0) is 14.3 Å². The van der Waals surface area contributed by atoms with Gasteiger partial charge in [0.05, 0.1) is 17.9 Å². The number of anilines is 1. The lowest BCUT2D eigenvalue weighted by atomic mass is 10.1. The van der Waals surface area contributed by atoms with Crippen LogP contribution in [0.4, 0.5) is 5.69 Å². The maximum Gasteiger partial charge on any atom is 0.267 e. The highest BCUT2D eigenvalue weighted by atomic mass is 79.9. The predicted molar refractivity (Wildman–Crippen MR) is 96.9 cm³/mol. The van der Waals surface area contributed by atoms with Crippen LogP contribution in [0.5, 0.6) is 0 Å². The largest absolute Gasteiger partial charge is 0.362 e. The Balaban J connectivity index is 2.00. The maximum absolute atomic E-state index is 12.8. The van der Waals surface area contributed by atoms with Gasteiger partial charge in [-0.3, -0.25) is 9.59 Å². The molecular formula is C19H16BrNO3. The van der Waals surface area contributed by atoms with Crippen LogP contribution in [0.15, 0.2) is 66.2 Å². The standard InChI is InChI=1S/C19H16BrNO3/c20-11-12-24-17-16(13-14-7-3-1-4-8-14)18(22)21(19(17)23)15-9-5-2-6-10-15/h1-10,13,17H,11-12H2/b16-13+. The van der Waals surface area contributed by atoms with Gasteiger partial charge in [0.15, 0.2) is 6.10 Å². The summed E-state index contributed by atoms with van der Waals surface area (Å²) in [6, 6.07) is 18.4. The molecule has 1 heterocycles. The molecule has 1 fully saturated rings. The Hall–Kier alpha value is -2.24. The van der Waals surface area contributed by atoms with Gasteiger partial charge in [-0.05, 0) is 23.8 Å². The van der Waals surface area contributed by atoms with E-state index < -0.39 is 6.10 Å². The van der Waals surface area contributed by atoms with E-state index in [0.717, 1.165) is 5.56 Å². The monoisotopic (exact) mass is 385 g/mol. The maximum atomic E-state index is 12.8. The summed E-state index contributed by atoms with van der Waals surface area (Å²) in [7, 11) is 0. The number of imide groups is 1. The van der Waals surface area contributed by atoms with Crippen molar-refractivity contribution >= 4 is 39.5 Å². The van der Waals surface area contributed by atoms with E-state index in [1.807, 2.05) is 36.4 Å². The van der Waals surface area contributed by atoms with Crippen LogP contribution in [-0.4, -0.2) is 29.9 Å². The molecule has 2 aromatic carbocycles. The Labute approximate surface area is 148 Å². The summed E-state index contributed by atoms with van der Waals surface area (Å²) >= 11 is 3.28. The summed E-state index contributed by atoms with van der Waals surface area (Å²) in [5.74, 6) is -0.691. The van der Waals surface area contributed by atoms with Gasteiger partial charge < -0.3 is 4.74 Å². The van der Waals surface area contributed by atoms with E-state index >= 15 is 0 Å². The third-order valence-corrected chi connectivity index (χ3v) is 4.00. The third kappa shape index (κ3) is 3.32. The highest BCUT2D eigenvalue weighted by Crippen LogP contribution is 2.29. The van der Waals surface area contributed by atoms with E-state index in [1.165, 1.54) is 4.90 Å². The van der Waals surface area contributed by atoms with Gasteiger partial charge >= 0.3 is 0 Å². The number of para-hydroxylation sites is 1. The van der Waals surface area contributed by atoms with Crippen LogP contribution in [0, 0.1) is 0 Å². The molecule has 122 valence electrons. The number of hydrogen-bond donors (Lipinski definition) is 0. The Morgan fingerprint density at radius 3 is 2.25 bits per heavy atom. The fourth-order valence-corrected chi connectivity index (χ4v) is 2.79. The first-order chi connectivity index (χ1) is 11.7. The van der Waals surface area contributed by atoms with Crippen LogP contribution in [0.3, 0.4) is 0 Å². The van der Waals surface area contributed by atoms with Gasteiger partial charge in [0, 0.05) is 5.33 Å². The average Bonchev–Trinajstić information content (AvgIpc) is 2.85. The second-order valence-corrected chi connectivity index (χ2v) is 6.06. The number of alkyl halides is 1. The number of rotatable bonds is 5. The van der Waals surface area contributed by atoms with Crippen LogP contribution in [0.25, 0.3) is 6.08 Å². The SMILES string of the molecule is O=C1/C(=C/c2ccccc2)C(OCCBr)C(=O)N1c1ccccc1. The summed E-state index contributed by atoms with van der Waals surface area (Å²) in [4.78, 5) is 26.8. The zero-order valence-electron chi connectivity index (χ0n) is 12.9. The van der Waals surface area contributed by atoms with Crippen molar-refractivity contribution in [2.75, 3.05) is 16.8 Å². The predicted octanol–water partition coefficient (Wildman–Crippen LogP) is 3.42. The fraction of sp³-hybridized carbons (Fsp3) is 0.158. The fourth-order valence-electron chi connectivity index (χ4n) is 2.60. The van der Waals surface area contributed by atoms with Crippen molar-refractivity contribution in [1.82, 2.24) is 0 Å². The van der Waals surface area contributed by atoms with E-state index in [0.29, 0.717) is 23.2 Å². The first kappa shape index (κ1) is 16.6. The minimum absolute atomic E-state index is 0.338. The van der Waals surface area contributed by atoms with Gasteiger partial charge in [-0.1, -0.05) is 64.5 Å². The summed E-state index contributed by atoms with van der Waals surface area (Å²) in [5.41, 5.74) is 1.77. The van der Waals surface area contributed by atoms with Crippen LogP contribution < -0.4 is 4.90 Å². The molecule has 1 aliphatic rings. The van der Waals surface area contributed by atoms with Crippen molar-refractivity contribution in [3.05, 3.63) is 71.8 Å². The average molecular weight is 386 g/mol. The van der Waals surface area contributed by atoms with Gasteiger partial charge in [0.25, 0.3) is 11.8 Å². The van der Waals surface area contributed by atoms with E-state index in [-0.39, 0.29) is 11.8 Å². The summed E-state index contributed by atoms with van der Waals surface area (Å²) in [6.07, 6.45) is 0.845. The quantitative estimate of drug-likeness (QED) is 0.450. The second-order valence-electron chi connectivity index (χ2n) is 5.26. The molecule has 1 aliphatic heterocycles. The van der Waals surface area contributed by atoms with Crippen LogP contribution in [0.1, 0.15) is 5.56 Å². The van der Waals surface area contributed by atoms with Gasteiger partial charge in [-0.15, -0.1) is 0 Å². The summed E-state index contributed by atoms with van der Waals surface area (Å²) in [6.45, 7) is 0.346. The molecule has 3 rings (SSSR count). The molecule has 0 N–H and O–H groups in total. The lowest BCUT2D eigenvalue weighted by Crippen LogP contribution is -2.32. The molecule has 1 saturated heterocycles. The molecule has 1 unspecified atom stereocenters. The van der Waals surface area contributed by atoms with E-state index in [9.17, 15) is 9.59 Å². The van der Waals surface area contributed by atoms with Crippen molar-refractivity contribution in [2.24, 2.45) is 0 Å². The van der Waals surface area contributed by atoms with Gasteiger partial charge in [0.1, 0.15) is 0 Å². The smallest absolute Gasteiger partial charge is 0.267 e. The lowest BCUT2D eigenvalue weighted by molar-refractivity contribution is -0.126. The second kappa shape index (κ2) is 7.55. The molecule has 2 amide bonds. The molecule has 4 nitrogen and oxygen atoms in total. The molecule has 24 heavy (non-hydrogen) atoms. The Kier molecular flexibility index (Phi) is 5.23. The van der Waals surface area contributed by atoms with Crippen molar-refractivity contribution in [1.29, 1.82) is 0 Å². The topological polar surface area (TPSA) is 46.6 Å². The van der Waals surface area contributed by atoms with E-state index in [2.05, 4.69) is 15.9 Å². The third-order valence-electron chi connectivity index (χ3n) is 3.67. The van der Waals surface area contributed by atoms with Crippen molar-refractivity contribution in [3.8, 4) is 0 Å². The molecule has 0 saturated carbocycles. The molecule has 0 spiro atoms. The lowest BCUT2D eigenvalue weighted by Gasteiger charge is -2.14. The first-order valence-electron chi connectivity index (χ1n) is 7.60. The van der Waals surface area contributed by atoms with Crippen molar-refractivity contribution in [2.45, 2.75) is 6.10 Å². The normalized spacial score (nSPS) is 19.3. The summed E-state index contributed by atoms with van der Waals surface area (Å²) < 4.78 is 5.64. The number of carbonyl (C=O) groups excluding carboxylic acids is 2. The zero-order valence-corrected chi connectivity index (χ0v) is 14.5. The molecule has 0 aromatic heterocycles. The van der Waals surface area contributed by atoms with Gasteiger partial charge in [0.2, 0.25) is 0 Å². The summed E-state index contributed by atoms with van der Waals surface area (Å²) in [5, 5.41) is 0.592. The Morgan fingerprint density at radius 2 is 1.62 bits per heavy atom. The Bertz CT molecular complexity index is 759. The van der Waals surface area contributed by atoms with Crippen molar-refractivity contribution < 1.29 is 14.3 Å². The molecule has 1 atom stereocenters. The van der Waals surface area contributed by atoms with Crippen LogP contribution >= 0.6 is 15.9 Å². The number of hydrogen-bond acceptors (Lipinski definition) is 3. The number of amides is 2.